The second-order valence-electron chi connectivity index (χ2n) is 6.61. The Morgan fingerprint density at radius 3 is 2.57 bits per heavy atom. The monoisotopic (exact) mass is 338 g/mol. The predicted molar refractivity (Wildman–Crippen MR) is 94.2 cm³/mol. The third kappa shape index (κ3) is 5.11. The molecule has 1 aromatic carbocycles. The van der Waals surface area contributed by atoms with Crippen molar-refractivity contribution in [3.8, 4) is 5.75 Å². The van der Waals surface area contributed by atoms with Crippen LogP contribution in [-0.2, 0) is 4.79 Å². The van der Waals surface area contributed by atoms with Crippen molar-refractivity contribution in [1.29, 1.82) is 0 Å². The zero-order valence-corrected chi connectivity index (χ0v) is 15.2. The molecule has 1 aromatic rings. The number of rotatable bonds is 5. The van der Waals surface area contributed by atoms with E-state index in [1.165, 1.54) is 0 Å². The average Bonchev–Trinajstić information content (AvgIpc) is 2.51. The summed E-state index contributed by atoms with van der Waals surface area (Å²) in [6.07, 6.45) is 1.42. The summed E-state index contributed by atoms with van der Waals surface area (Å²) in [4.78, 5) is 14.8. The van der Waals surface area contributed by atoms with Crippen molar-refractivity contribution in [3.63, 3.8) is 0 Å². The lowest BCUT2D eigenvalue weighted by atomic mass is 10.0. The summed E-state index contributed by atoms with van der Waals surface area (Å²) in [6, 6.07) is 6.36. The van der Waals surface area contributed by atoms with Crippen LogP contribution in [0.15, 0.2) is 18.2 Å². The van der Waals surface area contributed by atoms with Crippen LogP contribution in [0.25, 0.3) is 0 Å². The number of piperidine rings is 1. The van der Waals surface area contributed by atoms with Gasteiger partial charge in [0.2, 0.25) is 0 Å². The summed E-state index contributed by atoms with van der Waals surface area (Å²) in [7, 11) is 0. The number of aryl methyl sites for hydroxylation is 1. The van der Waals surface area contributed by atoms with Crippen LogP contribution in [-0.4, -0.2) is 42.1 Å². The van der Waals surface area contributed by atoms with E-state index >= 15 is 0 Å². The van der Waals surface area contributed by atoms with Crippen molar-refractivity contribution < 1.29 is 9.53 Å². The molecule has 0 spiro atoms. The fraction of sp³-hybridized carbons (Fsp3) is 0.611. The Kier molecular flexibility index (Phi) is 6.31. The standard InChI is InChI=1S/C18H27ClN2O2/c1-12(2)21-9-7-15(8-10-21)20-18(22)14(4)23-17-11-13(3)5-6-16(17)19/h5-6,11-12,14-15H,7-10H2,1-4H3,(H,20,22)/t14-/m0/s1. The number of benzene rings is 1. The van der Waals surface area contributed by atoms with Crippen LogP contribution in [0, 0.1) is 6.92 Å². The third-order valence-electron chi connectivity index (χ3n) is 4.37. The SMILES string of the molecule is Cc1ccc(Cl)c(O[C@@H](C)C(=O)NC2CCN(C(C)C)CC2)c1. The third-order valence-corrected chi connectivity index (χ3v) is 4.68. The normalized spacial score (nSPS) is 18.0. The lowest BCUT2D eigenvalue weighted by Gasteiger charge is -2.35. The Labute approximate surface area is 144 Å². The first kappa shape index (κ1) is 18.1. The molecule has 0 bridgehead atoms. The van der Waals surface area contributed by atoms with E-state index in [1.807, 2.05) is 19.1 Å². The number of carbonyl (C=O) groups excluding carboxylic acids is 1. The number of hydrogen-bond donors (Lipinski definition) is 1. The molecule has 1 amide bonds. The van der Waals surface area contributed by atoms with Crippen molar-refractivity contribution in [3.05, 3.63) is 28.8 Å². The summed E-state index contributed by atoms with van der Waals surface area (Å²) in [5.41, 5.74) is 1.05. The van der Waals surface area contributed by atoms with E-state index in [1.54, 1.807) is 13.0 Å². The molecule has 0 unspecified atom stereocenters. The highest BCUT2D eigenvalue weighted by Crippen LogP contribution is 2.26. The van der Waals surface area contributed by atoms with Crippen LogP contribution < -0.4 is 10.1 Å². The second-order valence-corrected chi connectivity index (χ2v) is 7.01. The number of hydrogen-bond acceptors (Lipinski definition) is 3. The van der Waals surface area contributed by atoms with Crippen LogP contribution in [0.2, 0.25) is 5.02 Å². The maximum atomic E-state index is 12.3. The molecule has 5 heteroatoms. The molecule has 1 aliphatic heterocycles. The van der Waals surface area contributed by atoms with Gasteiger partial charge in [-0.05, 0) is 58.2 Å². The van der Waals surface area contributed by atoms with Gasteiger partial charge in [0.25, 0.3) is 5.91 Å². The molecule has 0 radical (unpaired) electrons. The number of likely N-dealkylation sites (tertiary alicyclic amines) is 1. The van der Waals surface area contributed by atoms with E-state index in [2.05, 4.69) is 24.1 Å². The van der Waals surface area contributed by atoms with E-state index in [9.17, 15) is 4.79 Å². The van der Waals surface area contributed by atoms with Gasteiger partial charge in [0, 0.05) is 25.2 Å². The van der Waals surface area contributed by atoms with Gasteiger partial charge in [-0.2, -0.15) is 0 Å². The fourth-order valence-corrected chi connectivity index (χ4v) is 2.99. The van der Waals surface area contributed by atoms with Gasteiger partial charge in [-0.25, -0.2) is 0 Å². The summed E-state index contributed by atoms with van der Waals surface area (Å²) in [5, 5.41) is 3.63. The fourth-order valence-electron chi connectivity index (χ4n) is 2.82. The first-order valence-corrected chi connectivity index (χ1v) is 8.72. The number of carbonyl (C=O) groups is 1. The topological polar surface area (TPSA) is 41.6 Å². The van der Waals surface area contributed by atoms with E-state index < -0.39 is 6.10 Å². The van der Waals surface area contributed by atoms with Gasteiger partial charge in [-0.15, -0.1) is 0 Å². The molecule has 1 saturated heterocycles. The van der Waals surface area contributed by atoms with E-state index in [0.717, 1.165) is 31.5 Å². The highest BCUT2D eigenvalue weighted by Gasteiger charge is 2.24. The molecule has 0 aromatic heterocycles. The molecule has 1 heterocycles. The minimum absolute atomic E-state index is 0.0782. The van der Waals surface area contributed by atoms with Crippen molar-refractivity contribution in [2.75, 3.05) is 13.1 Å². The van der Waals surface area contributed by atoms with Gasteiger partial charge in [-0.3, -0.25) is 4.79 Å². The van der Waals surface area contributed by atoms with Gasteiger partial charge in [-0.1, -0.05) is 17.7 Å². The largest absolute Gasteiger partial charge is 0.479 e. The van der Waals surface area contributed by atoms with Gasteiger partial charge in [0.15, 0.2) is 6.10 Å². The Balaban J connectivity index is 1.85. The van der Waals surface area contributed by atoms with E-state index in [4.69, 9.17) is 16.3 Å². The smallest absolute Gasteiger partial charge is 0.260 e. The second kappa shape index (κ2) is 8.02. The summed E-state index contributed by atoms with van der Waals surface area (Å²) >= 11 is 6.12. The minimum atomic E-state index is -0.558. The Hall–Kier alpha value is -1.26. The molecule has 4 nitrogen and oxygen atoms in total. The predicted octanol–water partition coefficient (Wildman–Crippen LogP) is 3.40. The lowest BCUT2D eigenvalue weighted by Crippen LogP contribution is -2.49. The number of amides is 1. The van der Waals surface area contributed by atoms with Crippen LogP contribution in [0.5, 0.6) is 5.75 Å². The molecular formula is C18H27ClN2O2. The molecular weight excluding hydrogens is 312 g/mol. The first-order valence-electron chi connectivity index (χ1n) is 8.34. The van der Waals surface area contributed by atoms with Crippen molar-refractivity contribution >= 4 is 17.5 Å². The molecule has 23 heavy (non-hydrogen) atoms. The van der Waals surface area contributed by atoms with Crippen LogP contribution in [0.3, 0.4) is 0 Å². The highest BCUT2D eigenvalue weighted by molar-refractivity contribution is 6.32. The van der Waals surface area contributed by atoms with Crippen molar-refractivity contribution in [2.24, 2.45) is 0 Å². The number of nitrogens with one attached hydrogen (secondary N) is 1. The Bertz CT molecular complexity index is 540. The summed E-state index contributed by atoms with van der Waals surface area (Å²) in [6.45, 7) is 10.2. The average molecular weight is 339 g/mol. The molecule has 1 aliphatic rings. The van der Waals surface area contributed by atoms with Crippen molar-refractivity contribution in [1.82, 2.24) is 10.2 Å². The number of ether oxygens (including phenoxy) is 1. The molecule has 128 valence electrons. The van der Waals surface area contributed by atoms with Crippen LogP contribution >= 0.6 is 11.6 Å². The molecule has 0 saturated carbocycles. The number of nitrogens with zero attached hydrogens (tertiary/aromatic N) is 1. The lowest BCUT2D eigenvalue weighted by molar-refractivity contribution is -0.128. The quantitative estimate of drug-likeness (QED) is 0.894. The molecule has 0 aliphatic carbocycles. The Morgan fingerprint density at radius 1 is 1.30 bits per heavy atom. The molecule has 1 atom stereocenters. The Morgan fingerprint density at radius 2 is 1.96 bits per heavy atom. The highest BCUT2D eigenvalue weighted by atomic mass is 35.5. The zero-order valence-electron chi connectivity index (χ0n) is 14.4. The maximum absolute atomic E-state index is 12.3. The van der Waals surface area contributed by atoms with Gasteiger partial charge >= 0.3 is 0 Å². The van der Waals surface area contributed by atoms with Gasteiger partial charge in [0.1, 0.15) is 5.75 Å². The zero-order chi connectivity index (χ0) is 17.0. The molecule has 1 fully saturated rings. The van der Waals surface area contributed by atoms with Crippen molar-refractivity contribution in [2.45, 2.75) is 58.7 Å². The maximum Gasteiger partial charge on any atom is 0.260 e. The van der Waals surface area contributed by atoms with E-state index in [0.29, 0.717) is 16.8 Å². The van der Waals surface area contributed by atoms with E-state index in [-0.39, 0.29) is 11.9 Å². The number of halogens is 1. The van der Waals surface area contributed by atoms with Crippen LogP contribution in [0.4, 0.5) is 0 Å². The summed E-state index contributed by atoms with van der Waals surface area (Å²) in [5.74, 6) is 0.481. The first-order chi connectivity index (χ1) is 10.9. The van der Waals surface area contributed by atoms with Gasteiger partial charge < -0.3 is 15.0 Å². The van der Waals surface area contributed by atoms with Crippen LogP contribution in [0.1, 0.15) is 39.2 Å². The molecule has 2 rings (SSSR count). The molecule has 1 N–H and O–H groups in total. The van der Waals surface area contributed by atoms with Gasteiger partial charge in [0.05, 0.1) is 5.02 Å². The minimum Gasteiger partial charge on any atom is -0.479 e. The summed E-state index contributed by atoms with van der Waals surface area (Å²) < 4.78 is 5.73.